The van der Waals surface area contributed by atoms with Crippen LogP contribution in [0.3, 0.4) is 0 Å². The molecule has 0 saturated heterocycles. The van der Waals surface area contributed by atoms with Gasteiger partial charge >= 0.3 is 0 Å². The molecule has 0 amide bonds. The molecule has 0 aliphatic rings. The molecule has 16 heavy (non-hydrogen) atoms. The molecule has 0 bridgehead atoms. The quantitative estimate of drug-likeness (QED) is 0.592. The molecule has 0 radical (unpaired) electrons. The Morgan fingerprint density at radius 3 is 2.81 bits per heavy atom. The van der Waals surface area contributed by atoms with Crippen LogP contribution in [0, 0.1) is 0 Å². The molecule has 1 aromatic heterocycles. The maximum absolute atomic E-state index is 5.73. The standard InChI is InChI=1S/C11H17ClN2O2/c1-2-3-4-15-5-6-16-11-8-9(13)7-10(12)14-11/h7-8H,2-6H2,1H3,(H2,13,14). The Hall–Kier alpha value is -1.00. The summed E-state index contributed by atoms with van der Waals surface area (Å²) in [6.45, 7) is 3.90. The van der Waals surface area contributed by atoms with Gasteiger partial charge in [-0.3, -0.25) is 0 Å². The molecule has 0 fully saturated rings. The van der Waals surface area contributed by atoms with Crippen LogP contribution in [0.25, 0.3) is 0 Å². The smallest absolute Gasteiger partial charge is 0.216 e. The van der Waals surface area contributed by atoms with Crippen molar-refractivity contribution in [2.75, 3.05) is 25.6 Å². The number of nitrogens with two attached hydrogens (primary N) is 1. The van der Waals surface area contributed by atoms with Crippen LogP contribution in [0.1, 0.15) is 19.8 Å². The van der Waals surface area contributed by atoms with Crippen LogP contribution < -0.4 is 10.5 Å². The topological polar surface area (TPSA) is 57.4 Å². The average molecular weight is 245 g/mol. The Balaban J connectivity index is 2.21. The highest BCUT2D eigenvalue weighted by Crippen LogP contribution is 2.17. The summed E-state index contributed by atoms with van der Waals surface area (Å²) in [6, 6.07) is 3.21. The molecule has 0 atom stereocenters. The van der Waals surface area contributed by atoms with E-state index in [2.05, 4.69) is 11.9 Å². The first-order valence-corrected chi connectivity index (χ1v) is 5.73. The summed E-state index contributed by atoms with van der Waals surface area (Å²) in [5, 5.41) is 0.335. The SMILES string of the molecule is CCCCOCCOc1cc(N)cc(Cl)n1. The van der Waals surface area contributed by atoms with Crippen LogP contribution in [0.2, 0.25) is 5.15 Å². The molecule has 1 rings (SSSR count). The first-order valence-electron chi connectivity index (χ1n) is 5.36. The molecule has 2 N–H and O–H groups in total. The molecule has 5 heteroatoms. The van der Waals surface area contributed by atoms with E-state index in [1.54, 1.807) is 12.1 Å². The number of hydrogen-bond acceptors (Lipinski definition) is 4. The molecule has 0 unspecified atom stereocenters. The zero-order valence-corrected chi connectivity index (χ0v) is 10.2. The molecular weight excluding hydrogens is 228 g/mol. The van der Waals surface area contributed by atoms with Gasteiger partial charge in [0.05, 0.1) is 6.61 Å². The van der Waals surface area contributed by atoms with Gasteiger partial charge < -0.3 is 15.2 Å². The number of rotatable bonds is 7. The predicted octanol–water partition coefficient (Wildman–Crippen LogP) is 2.51. The Kier molecular flexibility index (Phi) is 5.96. The molecule has 0 aromatic carbocycles. The molecule has 4 nitrogen and oxygen atoms in total. The third-order valence-electron chi connectivity index (χ3n) is 1.91. The van der Waals surface area contributed by atoms with Crippen LogP contribution in [-0.4, -0.2) is 24.8 Å². The van der Waals surface area contributed by atoms with Crippen LogP contribution in [0.15, 0.2) is 12.1 Å². The number of nitrogens with zero attached hydrogens (tertiary/aromatic N) is 1. The van der Waals surface area contributed by atoms with E-state index in [0.717, 1.165) is 19.4 Å². The summed E-state index contributed by atoms with van der Waals surface area (Å²) in [5.41, 5.74) is 6.14. The van der Waals surface area contributed by atoms with Gasteiger partial charge in [-0.25, -0.2) is 4.98 Å². The Labute approximate surface area is 101 Å². The van der Waals surface area contributed by atoms with Crippen molar-refractivity contribution in [3.8, 4) is 5.88 Å². The van der Waals surface area contributed by atoms with Crippen molar-refractivity contribution < 1.29 is 9.47 Å². The van der Waals surface area contributed by atoms with Crippen LogP contribution in [0.4, 0.5) is 5.69 Å². The monoisotopic (exact) mass is 244 g/mol. The van der Waals surface area contributed by atoms with Crippen molar-refractivity contribution >= 4 is 17.3 Å². The third-order valence-corrected chi connectivity index (χ3v) is 2.11. The van der Waals surface area contributed by atoms with E-state index in [1.807, 2.05) is 0 Å². The number of pyridine rings is 1. The highest BCUT2D eigenvalue weighted by atomic mass is 35.5. The Morgan fingerprint density at radius 2 is 2.12 bits per heavy atom. The van der Waals surface area contributed by atoms with Crippen molar-refractivity contribution in [1.29, 1.82) is 0 Å². The van der Waals surface area contributed by atoms with Crippen molar-refractivity contribution in [3.05, 3.63) is 17.3 Å². The lowest BCUT2D eigenvalue weighted by Gasteiger charge is -2.06. The zero-order chi connectivity index (χ0) is 11.8. The van der Waals surface area contributed by atoms with E-state index >= 15 is 0 Å². The van der Waals surface area contributed by atoms with Gasteiger partial charge in [-0.15, -0.1) is 0 Å². The van der Waals surface area contributed by atoms with Crippen LogP contribution in [-0.2, 0) is 4.74 Å². The van der Waals surface area contributed by atoms with Crippen LogP contribution >= 0.6 is 11.6 Å². The first-order chi connectivity index (χ1) is 7.72. The fourth-order valence-corrected chi connectivity index (χ4v) is 1.33. The second-order valence-corrected chi connectivity index (χ2v) is 3.76. The Morgan fingerprint density at radius 1 is 1.31 bits per heavy atom. The lowest BCUT2D eigenvalue weighted by Crippen LogP contribution is -2.08. The van der Waals surface area contributed by atoms with Crippen molar-refractivity contribution in [2.24, 2.45) is 0 Å². The average Bonchev–Trinajstić information content (AvgIpc) is 2.22. The second kappa shape index (κ2) is 7.30. The van der Waals surface area contributed by atoms with Gasteiger partial charge in [0.25, 0.3) is 0 Å². The highest BCUT2D eigenvalue weighted by Gasteiger charge is 1.99. The number of nitrogen functional groups attached to an aromatic ring is 1. The number of unbranched alkanes of at least 4 members (excludes halogenated alkanes) is 1. The van der Waals surface area contributed by atoms with Gasteiger partial charge in [0, 0.05) is 18.4 Å². The predicted molar refractivity (Wildman–Crippen MR) is 64.9 cm³/mol. The number of anilines is 1. The van der Waals surface area contributed by atoms with E-state index in [9.17, 15) is 0 Å². The summed E-state index contributed by atoms with van der Waals surface area (Å²) in [4.78, 5) is 3.98. The largest absolute Gasteiger partial charge is 0.475 e. The zero-order valence-electron chi connectivity index (χ0n) is 9.41. The molecule has 1 heterocycles. The maximum Gasteiger partial charge on any atom is 0.216 e. The Bertz CT molecular complexity index is 301. The summed E-state index contributed by atoms with van der Waals surface area (Å²) < 4.78 is 10.7. The lowest BCUT2D eigenvalue weighted by molar-refractivity contribution is 0.0965. The molecule has 0 spiro atoms. The minimum absolute atomic E-state index is 0.335. The number of hydrogen-bond donors (Lipinski definition) is 1. The molecule has 1 aromatic rings. The maximum atomic E-state index is 5.73. The molecule has 0 saturated carbocycles. The van der Waals surface area contributed by atoms with E-state index in [4.69, 9.17) is 26.8 Å². The highest BCUT2D eigenvalue weighted by molar-refractivity contribution is 6.29. The molecule has 90 valence electrons. The molecule has 0 aliphatic heterocycles. The summed E-state index contributed by atoms with van der Waals surface area (Å²) in [7, 11) is 0. The summed E-state index contributed by atoms with van der Waals surface area (Å²) in [5.74, 6) is 0.434. The normalized spacial score (nSPS) is 10.4. The van der Waals surface area contributed by atoms with Gasteiger partial charge in [-0.2, -0.15) is 0 Å². The minimum Gasteiger partial charge on any atom is -0.475 e. The van der Waals surface area contributed by atoms with E-state index in [-0.39, 0.29) is 0 Å². The van der Waals surface area contributed by atoms with Gasteiger partial charge in [-0.05, 0) is 12.5 Å². The summed E-state index contributed by atoms with van der Waals surface area (Å²) in [6.07, 6.45) is 2.20. The first kappa shape index (κ1) is 13.1. The third kappa shape index (κ3) is 5.19. The molecule has 0 aliphatic carbocycles. The fraction of sp³-hybridized carbons (Fsp3) is 0.545. The van der Waals surface area contributed by atoms with Gasteiger partial charge in [-0.1, -0.05) is 24.9 Å². The van der Waals surface area contributed by atoms with Gasteiger partial charge in [0.15, 0.2) is 0 Å². The fourth-order valence-electron chi connectivity index (χ4n) is 1.12. The number of ether oxygens (including phenoxy) is 2. The van der Waals surface area contributed by atoms with Gasteiger partial charge in [0.1, 0.15) is 11.8 Å². The summed E-state index contributed by atoms with van der Waals surface area (Å²) >= 11 is 5.73. The van der Waals surface area contributed by atoms with Crippen LogP contribution in [0.5, 0.6) is 5.88 Å². The van der Waals surface area contributed by atoms with E-state index in [0.29, 0.717) is 29.9 Å². The second-order valence-electron chi connectivity index (χ2n) is 3.38. The van der Waals surface area contributed by atoms with Gasteiger partial charge in [0.2, 0.25) is 5.88 Å². The number of aromatic nitrogens is 1. The van der Waals surface area contributed by atoms with Crippen molar-refractivity contribution in [1.82, 2.24) is 4.98 Å². The number of halogens is 1. The van der Waals surface area contributed by atoms with E-state index in [1.165, 1.54) is 0 Å². The molecular formula is C11H17ClN2O2. The minimum atomic E-state index is 0.335. The van der Waals surface area contributed by atoms with Crippen molar-refractivity contribution in [3.63, 3.8) is 0 Å². The lowest BCUT2D eigenvalue weighted by atomic mass is 10.4. The van der Waals surface area contributed by atoms with E-state index < -0.39 is 0 Å². The van der Waals surface area contributed by atoms with Crippen molar-refractivity contribution in [2.45, 2.75) is 19.8 Å².